The Balaban J connectivity index is 4.42. The lowest BCUT2D eigenvalue weighted by molar-refractivity contribution is 0.577. The zero-order chi connectivity index (χ0) is 7.65. The molecule has 0 radical (unpaired) electrons. The third-order valence-corrected chi connectivity index (χ3v) is 3.64. The van der Waals surface area contributed by atoms with Crippen molar-refractivity contribution in [2.45, 2.75) is 11.6 Å². The highest BCUT2D eigenvalue weighted by Crippen LogP contribution is 2.16. The number of hydrogen-bond donors (Lipinski definition) is 0. The van der Waals surface area contributed by atoms with E-state index in [0.717, 1.165) is 0 Å². The molecule has 7 heteroatoms. The predicted molar refractivity (Wildman–Crippen MR) is 37.8 cm³/mol. The highest BCUT2D eigenvalue weighted by Gasteiger charge is 2.24. The smallest absolute Gasteiger partial charge is 0.208 e. The molecule has 0 fully saturated rings. The largest absolute Gasteiger partial charge is 0.258 e. The highest BCUT2D eigenvalue weighted by atomic mass is 35.5. The van der Waals surface area contributed by atoms with Crippen molar-refractivity contribution in [3.05, 3.63) is 0 Å². The summed E-state index contributed by atoms with van der Waals surface area (Å²) in [6, 6.07) is 0. The van der Waals surface area contributed by atoms with Crippen LogP contribution in [0.25, 0.3) is 0 Å². The Kier molecular flexibility index (Phi) is 3.54. The lowest BCUT2D eigenvalue weighted by atomic mass is 11.0. The zero-order valence-corrected chi connectivity index (χ0v) is 7.47. The first-order valence-electron chi connectivity index (χ1n) is 1.89. The Morgan fingerprint density at radius 2 is 1.78 bits per heavy atom. The van der Waals surface area contributed by atoms with Gasteiger partial charge in [0, 0.05) is 23.6 Å². The van der Waals surface area contributed by atoms with Crippen molar-refractivity contribution in [2.75, 3.05) is 0 Å². The normalized spacial score (nSPS) is 16.1. The van der Waals surface area contributed by atoms with Crippen molar-refractivity contribution in [2.24, 2.45) is 0 Å². The van der Waals surface area contributed by atoms with Gasteiger partial charge in [-0.15, -0.1) is 11.6 Å². The third-order valence-electron chi connectivity index (χ3n) is 0.603. The summed E-state index contributed by atoms with van der Waals surface area (Å²) >= 11 is 14.9. The first-order chi connectivity index (χ1) is 3.89. The average Bonchev–Trinajstić information content (AvgIpc) is 1.65. The van der Waals surface area contributed by atoms with E-state index < -0.39 is 14.7 Å². The van der Waals surface area contributed by atoms with Crippen LogP contribution in [-0.2, 0) is 10.0 Å². The molecule has 56 valence electrons. The molecular formula is C2H4Cl3NO2S. The van der Waals surface area contributed by atoms with Gasteiger partial charge in [0.2, 0.25) is 0 Å². The highest BCUT2D eigenvalue weighted by molar-refractivity contribution is 7.92. The molecule has 0 N–H and O–H groups in total. The molecule has 9 heavy (non-hydrogen) atoms. The summed E-state index contributed by atoms with van der Waals surface area (Å²) in [7, 11) is -3.69. The number of alkyl halides is 1. The van der Waals surface area contributed by atoms with E-state index in [2.05, 4.69) is 0 Å². The van der Waals surface area contributed by atoms with Crippen LogP contribution in [0.4, 0.5) is 0 Å². The molecule has 0 amide bonds. The first kappa shape index (κ1) is 9.78. The van der Waals surface area contributed by atoms with Crippen LogP contribution in [-0.4, -0.2) is 16.5 Å². The van der Waals surface area contributed by atoms with Gasteiger partial charge in [0.1, 0.15) is 4.71 Å². The molecule has 0 aliphatic rings. The Bertz CT molecular complexity index is 160. The van der Waals surface area contributed by atoms with Gasteiger partial charge in [-0.25, -0.2) is 8.42 Å². The molecule has 0 aliphatic carbocycles. The average molecular weight is 212 g/mol. The molecule has 0 saturated carbocycles. The van der Waals surface area contributed by atoms with E-state index in [0.29, 0.717) is 0 Å². The first-order valence-corrected chi connectivity index (χ1v) is 4.50. The molecule has 3 nitrogen and oxygen atoms in total. The number of halogens is 3. The molecular weight excluding hydrogens is 208 g/mol. The topological polar surface area (TPSA) is 37.4 Å². The van der Waals surface area contributed by atoms with Gasteiger partial charge >= 0.3 is 0 Å². The summed E-state index contributed by atoms with van der Waals surface area (Å²) in [5.41, 5.74) is 0. The van der Waals surface area contributed by atoms with E-state index >= 15 is 0 Å². The van der Waals surface area contributed by atoms with Crippen LogP contribution in [0.1, 0.15) is 6.92 Å². The van der Waals surface area contributed by atoms with Crippen molar-refractivity contribution in [3.63, 3.8) is 0 Å². The minimum atomic E-state index is -3.69. The van der Waals surface area contributed by atoms with E-state index in [1.165, 1.54) is 6.92 Å². The van der Waals surface area contributed by atoms with E-state index in [4.69, 9.17) is 35.2 Å². The monoisotopic (exact) mass is 211 g/mol. The van der Waals surface area contributed by atoms with E-state index in [1.54, 1.807) is 0 Å². The van der Waals surface area contributed by atoms with E-state index in [9.17, 15) is 8.42 Å². The van der Waals surface area contributed by atoms with Gasteiger partial charge in [0.15, 0.2) is 0 Å². The second-order valence-corrected chi connectivity index (χ2v) is 5.53. The minimum Gasteiger partial charge on any atom is -0.208 e. The van der Waals surface area contributed by atoms with E-state index in [-0.39, 0.29) is 3.34 Å². The van der Waals surface area contributed by atoms with Crippen LogP contribution in [0.2, 0.25) is 0 Å². The van der Waals surface area contributed by atoms with Crippen molar-refractivity contribution in [1.29, 1.82) is 0 Å². The predicted octanol–water partition coefficient (Wildman–Crippen LogP) is 1.51. The maximum atomic E-state index is 10.6. The number of rotatable bonds is 2. The lowest BCUT2D eigenvalue weighted by Gasteiger charge is -2.05. The zero-order valence-electron chi connectivity index (χ0n) is 4.38. The fourth-order valence-electron chi connectivity index (χ4n) is 0.110. The minimum absolute atomic E-state index is 0.0463. The summed E-state index contributed by atoms with van der Waals surface area (Å²) in [6.07, 6.45) is 0. The van der Waals surface area contributed by atoms with Crippen LogP contribution < -0.4 is 0 Å². The molecule has 0 aliphatic heterocycles. The fourth-order valence-corrected chi connectivity index (χ4v) is 1.53. The Morgan fingerprint density at radius 3 is 1.78 bits per heavy atom. The van der Waals surface area contributed by atoms with Crippen molar-refractivity contribution in [1.82, 2.24) is 3.34 Å². The summed E-state index contributed by atoms with van der Waals surface area (Å²) < 4.78 is 20.1. The summed E-state index contributed by atoms with van der Waals surface area (Å²) in [5, 5.41) is 0. The van der Waals surface area contributed by atoms with Crippen molar-refractivity contribution in [3.8, 4) is 0 Å². The quantitative estimate of drug-likeness (QED) is 0.514. The van der Waals surface area contributed by atoms with Crippen molar-refractivity contribution < 1.29 is 8.42 Å². The van der Waals surface area contributed by atoms with Gasteiger partial charge in [-0.1, -0.05) is 0 Å². The molecule has 0 aromatic carbocycles. The molecule has 0 aromatic heterocycles. The molecule has 1 atom stereocenters. The molecule has 0 saturated heterocycles. The van der Waals surface area contributed by atoms with Gasteiger partial charge in [-0.2, -0.15) is 0 Å². The van der Waals surface area contributed by atoms with Crippen LogP contribution in [0.5, 0.6) is 0 Å². The van der Waals surface area contributed by atoms with Gasteiger partial charge < -0.3 is 0 Å². The Labute approximate surface area is 68.8 Å². The van der Waals surface area contributed by atoms with Gasteiger partial charge in [0.25, 0.3) is 10.0 Å². The molecule has 1 unspecified atom stereocenters. The molecule has 0 aromatic rings. The number of nitrogens with zero attached hydrogens (tertiary/aromatic N) is 1. The SMILES string of the molecule is CC(Cl)S(=O)(=O)N(Cl)Cl. The van der Waals surface area contributed by atoms with Crippen LogP contribution >= 0.6 is 35.2 Å². The number of hydrogen-bond acceptors (Lipinski definition) is 2. The van der Waals surface area contributed by atoms with Crippen LogP contribution in [0, 0.1) is 0 Å². The van der Waals surface area contributed by atoms with Gasteiger partial charge in [-0.3, -0.25) is 0 Å². The number of sulfonamides is 1. The molecule has 0 heterocycles. The Morgan fingerprint density at radius 1 is 1.44 bits per heavy atom. The molecule has 0 spiro atoms. The van der Waals surface area contributed by atoms with Crippen LogP contribution in [0.3, 0.4) is 0 Å². The molecule has 0 bridgehead atoms. The summed E-state index contributed by atoms with van der Waals surface area (Å²) in [4.78, 5) is 0. The standard InChI is InChI=1S/C2H4Cl3NO2S/c1-2(3)9(7,8)6(4)5/h2H,1H3. The maximum absolute atomic E-state index is 10.6. The lowest BCUT2D eigenvalue weighted by Crippen LogP contribution is -2.20. The summed E-state index contributed by atoms with van der Waals surface area (Å²) in [5.74, 6) is 0. The second kappa shape index (κ2) is 3.25. The molecule has 0 rings (SSSR count). The summed E-state index contributed by atoms with van der Waals surface area (Å²) in [6.45, 7) is 1.26. The maximum Gasteiger partial charge on any atom is 0.258 e. The van der Waals surface area contributed by atoms with Crippen LogP contribution in [0.15, 0.2) is 0 Å². The Hall–Kier alpha value is 0.780. The van der Waals surface area contributed by atoms with E-state index in [1.807, 2.05) is 0 Å². The third kappa shape index (κ3) is 2.47. The van der Waals surface area contributed by atoms with Gasteiger partial charge in [0.05, 0.1) is 0 Å². The van der Waals surface area contributed by atoms with Crippen molar-refractivity contribution >= 4 is 45.2 Å². The second-order valence-electron chi connectivity index (χ2n) is 1.26. The fraction of sp³-hybridized carbons (Fsp3) is 1.00. The van der Waals surface area contributed by atoms with Gasteiger partial charge in [-0.05, 0) is 10.3 Å².